The summed E-state index contributed by atoms with van der Waals surface area (Å²) in [5.74, 6) is -0.237. The zero-order valence-electron chi connectivity index (χ0n) is 11.2. The Bertz CT molecular complexity index is 444. The molecule has 4 nitrogen and oxygen atoms in total. The number of hydrogen-bond acceptors (Lipinski definition) is 3. The monoisotopic (exact) mass is 261 g/mol. The maximum atomic E-state index is 12.0. The number of hydrogen-bond donors (Lipinski definition) is 0. The Balaban J connectivity index is 1.80. The van der Waals surface area contributed by atoms with Crippen LogP contribution < -0.4 is 0 Å². The fraction of sp³-hybridized carbons (Fsp3) is 0.467. The molecule has 1 fully saturated rings. The Labute approximate surface area is 113 Å². The first-order valence-corrected chi connectivity index (χ1v) is 6.60. The number of amides is 1. The molecule has 1 aromatic carbocycles. The number of benzene rings is 1. The normalized spacial score (nSPS) is 18.4. The van der Waals surface area contributed by atoms with Gasteiger partial charge in [-0.05, 0) is 18.4 Å². The number of carbonyl (C=O) groups excluding carboxylic acids is 2. The second kappa shape index (κ2) is 6.36. The van der Waals surface area contributed by atoms with E-state index in [1.807, 2.05) is 30.3 Å². The second-order valence-electron chi connectivity index (χ2n) is 4.83. The number of aryl methyl sites for hydroxylation is 1. The highest BCUT2D eigenvalue weighted by atomic mass is 16.5. The van der Waals surface area contributed by atoms with E-state index in [1.165, 1.54) is 12.7 Å². The van der Waals surface area contributed by atoms with Gasteiger partial charge in [-0.1, -0.05) is 30.3 Å². The largest absolute Gasteiger partial charge is 0.469 e. The summed E-state index contributed by atoms with van der Waals surface area (Å²) in [7, 11) is 1.39. The molecule has 1 aliphatic heterocycles. The van der Waals surface area contributed by atoms with Crippen LogP contribution in [0.4, 0.5) is 0 Å². The lowest BCUT2D eigenvalue weighted by Gasteiger charge is -2.16. The molecule has 1 amide bonds. The molecule has 4 heteroatoms. The lowest BCUT2D eigenvalue weighted by Crippen LogP contribution is -2.30. The van der Waals surface area contributed by atoms with Crippen LogP contribution in [0.5, 0.6) is 0 Å². The average molecular weight is 261 g/mol. The van der Waals surface area contributed by atoms with Crippen molar-refractivity contribution in [2.45, 2.75) is 19.3 Å². The van der Waals surface area contributed by atoms with Gasteiger partial charge in [-0.3, -0.25) is 9.59 Å². The molecule has 1 atom stereocenters. The average Bonchev–Trinajstić information content (AvgIpc) is 2.95. The predicted octanol–water partition coefficient (Wildman–Crippen LogP) is 1.64. The van der Waals surface area contributed by atoms with Crippen molar-refractivity contribution < 1.29 is 14.3 Å². The SMILES string of the molecule is COC(=O)C1CCN(C(=O)CCc2ccccc2)C1. The van der Waals surface area contributed by atoms with Gasteiger partial charge in [-0.2, -0.15) is 0 Å². The molecule has 1 unspecified atom stereocenters. The molecular weight excluding hydrogens is 242 g/mol. The summed E-state index contributed by atoms with van der Waals surface area (Å²) >= 11 is 0. The van der Waals surface area contributed by atoms with Crippen molar-refractivity contribution in [3.8, 4) is 0 Å². The summed E-state index contributed by atoms with van der Waals surface area (Å²) in [6, 6.07) is 9.96. The number of ether oxygens (including phenoxy) is 1. The molecule has 2 rings (SSSR count). The van der Waals surface area contributed by atoms with Gasteiger partial charge in [-0.15, -0.1) is 0 Å². The lowest BCUT2D eigenvalue weighted by molar-refractivity contribution is -0.145. The van der Waals surface area contributed by atoms with Crippen molar-refractivity contribution >= 4 is 11.9 Å². The van der Waals surface area contributed by atoms with Gasteiger partial charge in [0.2, 0.25) is 5.91 Å². The van der Waals surface area contributed by atoms with Gasteiger partial charge in [0.25, 0.3) is 0 Å². The first-order valence-electron chi connectivity index (χ1n) is 6.60. The summed E-state index contributed by atoms with van der Waals surface area (Å²) in [5, 5.41) is 0. The van der Waals surface area contributed by atoms with Crippen LogP contribution in [-0.4, -0.2) is 37.0 Å². The van der Waals surface area contributed by atoms with Crippen molar-refractivity contribution in [2.75, 3.05) is 20.2 Å². The maximum absolute atomic E-state index is 12.0. The standard InChI is InChI=1S/C15H19NO3/c1-19-15(18)13-9-10-16(11-13)14(17)8-7-12-5-3-2-4-6-12/h2-6,13H,7-11H2,1H3. The van der Waals surface area contributed by atoms with Crippen molar-refractivity contribution in [3.05, 3.63) is 35.9 Å². The topological polar surface area (TPSA) is 46.6 Å². The van der Waals surface area contributed by atoms with Crippen molar-refractivity contribution in [1.82, 2.24) is 4.90 Å². The maximum Gasteiger partial charge on any atom is 0.310 e. The van der Waals surface area contributed by atoms with Crippen molar-refractivity contribution in [3.63, 3.8) is 0 Å². The molecule has 19 heavy (non-hydrogen) atoms. The van der Waals surface area contributed by atoms with Crippen molar-refractivity contribution in [1.29, 1.82) is 0 Å². The zero-order chi connectivity index (χ0) is 13.7. The molecule has 1 saturated heterocycles. The fourth-order valence-corrected chi connectivity index (χ4v) is 2.40. The van der Waals surface area contributed by atoms with Gasteiger partial charge in [0.1, 0.15) is 0 Å². The highest BCUT2D eigenvalue weighted by molar-refractivity contribution is 5.79. The minimum Gasteiger partial charge on any atom is -0.469 e. The third-order valence-corrected chi connectivity index (χ3v) is 3.55. The first kappa shape index (κ1) is 13.6. The zero-order valence-corrected chi connectivity index (χ0v) is 11.2. The Morgan fingerprint density at radius 3 is 2.74 bits per heavy atom. The highest BCUT2D eigenvalue weighted by Gasteiger charge is 2.31. The molecule has 0 N–H and O–H groups in total. The molecule has 0 aliphatic carbocycles. The summed E-state index contributed by atoms with van der Waals surface area (Å²) in [4.78, 5) is 25.2. The number of likely N-dealkylation sites (tertiary alicyclic amines) is 1. The number of rotatable bonds is 4. The Morgan fingerprint density at radius 1 is 1.32 bits per heavy atom. The van der Waals surface area contributed by atoms with E-state index in [0.717, 1.165) is 6.42 Å². The van der Waals surface area contributed by atoms with Crippen LogP contribution in [0.2, 0.25) is 0 Å². The van der Waals surface area contributed by atoms with Crippen LogP contribution in [0.1, 0.15) is 18.4 Å². The molecule has 1 heterocycles. The third kappa shape index (κ3) is 3.56. The van der Waals surface area contributed by atoms with E-state index in [0.29, 0.717) is 25.9 Å². The number of esters is 1. The minimum atomic E-state index is -0.210. The van der Waals surface area contributed by atoms with E-state index in [2.05, 4.69) is 0 Å². The van der Waals surface area contributed by atoms with Crippen LogP contribution in [-0.2, 0) is 20.7 Å². The van der Waals surface area contributed by atoms with Gasteiger partial charge >= 0.3 is 5.97 Å². The van der Waals surface area contributed by atoms with Crippen molar-refractivity contribution in [2.24, 2.45) is 5.92 Å². The molecule has 0 spiro atoms. The Kier molecular flexibility index (Phi) is 4.55. The van der Waals surface area contributed by atoms with Gasteiger partial charge < -0.3 is 9.64 Å². The molecular formula is C15H19NO3. The van der Waals surface area contributed by atoms with Crippen LogP contribution in [0.3, 0.4) is 0 Å². The quantitative estimate of drug-likeness (QED) is 0.774. The predicted molar refractivity (Wildman–Crippen MR) is 71.5 cm³/mol. The number of methoxy groups -OCH3 is 1. The molecule has 0 radical (unpaired) electrons. The van der Waals surface area contributed by atoms with E-state index in [1.54, 1.807) is 4.90 Å². The van der Waals surface area contributed by atoms with Gasteiger partial charge in [-0.25, -0.2) is 0 Å². The Hall–Kier alpha value is -1.84. The smallest absolute Gasteiger partial charge is 0.310 e. The summed E-state index contributed by atoms with van der Waals surface area (Å²) < 4.78 is 4.71. The summed E-state index contributed by atoms with van der Waals surface area (Å²) in [6.45, 7) is 1.16. The number of nitrogens with zero attached hydrogens (tertiary/aromatic N) is 1. The molecule has 1 aromatic rings. The minimum absolute atomic E-state index is 0.121. The van der Waals surface area contributed by atoms with E-state index in [9.17, 15) is 9.59 Å². The second-order valence-corrected chi connectivity index (χ2v) is 4.83. The molecule has 1 aliphatic rings. The van der Waals surface area contributed by atoms with Crippen LogP contribution in [0.25, 0.3) is 0 Å². The van der Waals surface area contributed by atoms with E-state index >= 15 is 0 Å². The molecule has 0 aromatic heterocycles. The summed E-state index contributed by atoms with van der Waals surface area (Å²) in [6.07, 6.45) is 1.96. The molecule has 0 bridgehead atoms. The number of carbonyl (C=O) groups is 2. The highest BCUT2D eigenvalue weighted by Crippen LogP contribution is 2.18. The van der Waals surface area contributed by atoms with E-state index in [-0.39, 0.29) is 17.8 Å². The first-order chi connectivity index (χ1) is 9.20. The summed E-state index contributed by atoms with van der Waals surface area (Å²) in [5.41, 5.74) is 1.17. The Morgan fingerprint density at radius 2 is 2.05 bits per heavy atom. The lowest BCUT2D eigenvalue weighted by atomic mass is 10.1. The van der Waals surface area contributed by atoms with Gasteiger partial charge in [0.15, 0.2) is 0 Å². The van der Waals surface area contributed by atoms with Crippen LogP contribution in [0.15, 0.2) is 30.3 Å². The third-order valence-electron chi connectivity index (χ3n) is 3.55. The van der Waals surface area contributed by atoms with Crippen LogP contribution in [0, 0.1) is 5.92 Å². The van der Waals surface area contributed by atoms with Gasteiger partial charge in [0.05, 0.1) is 13.0 Å². The molecule has 102 valence electrons. The fourth-order valence-electron chi connectivity index (χ4n) is 2.40. The van der Waals surface area contributed by atoms with Gasteiger partial charge in [0, 0.05) is 19.5 Å². The molecule has 0 saturated carbocycles. The van der Waals surface area contributed by atoms with E-state index in [4.69, 9.17) is 4.74 Å². The van der Waals surface area contributed by atoms with Crippen LogP contribution >= 0.6 is 0 Å². The van der Waals surface area contributed by atoms with E-state index < -0.39 is 0 Å².